The molecule has 5 aliphatic rings. The van der Waals surface area contributed by atoms with E-state index in [4.69, 9.17) is 5.73 Å². The Morgan fingerprint density at radius 1 is 0.833 bits per heavy atom. The lowest BCUT2D eigenvalue weighted by atomic mass is 9.74. The third kappa shape index (κ3) is 7.59. The molecule has 0 aromatic rings. The van der Waals surface area contributed by atoms with Gasteiger partial charge in [-0.3, -0.25) is 24.0 Å². The molecule has 5 N–H and O–H groups in total. The first-order valence-corrected chi connectivity index (χ1v) is 18.4. The number of hydrogen-bond donors (Lipinski definition) is 4. The summed E-state index contributed by atoms with van der Waals surface area (Å²) >= 11 is 0. The molecule has 4 aliphatic carbocycles. The van der Waals surface area contributed by atoms with Gasteiger partial charge in [0.05, 0.1) is 6.04 Å². The summed E-state index contributed by atoms with van der Waals surface area (Å²) in [5.41, 5.74) is 3.63. The fraction of sp³-hybridized carbons (Fsp3) is 0.838. The summed E-state index contributed by atoms with van der Waals surface area (Å²) in [7, 11) is 0. The Hall–Kier alpha value is -2.98. The fourth-order valence-corrected chi connectivity index (χ4v) is 8.99. The Bertz CT molecular complexity index is 1300. The van der Waals surface area contributed by atoms with Gasteiger partial charge in [0.15, 0.2) is 0 Å². The summed E-state index contributed by atoms with van der Waals surface area (Å²) in [5, 5.41) is 9.03. The standard InChI is InChI=1S/C37H59N5O6/c1-34(2,3)26(43)20-37(14-8-7-9-15-37)41-33(48)40-29(35(4,5)6)32(47)42-21-24-23(13-16-36(24)17-18-36)27(42)31(46)39-25(28(44)30(38)45)19-22-11-10-12-22/h22-25,27,29H,7-21H2,1-6H3,(H2,38,45)(H,39,46)(H2,40,41,48)/t23-,24-,25?,27-,29+/m0/s1. The van der Waals surface area contributed by atoms with Gasteiger partial charge in [0.2, 0.25) is 17.6 Å². The van der Waals surface area contributed by atoms with E-state index in [2.05, 4.69) is 16.0 Å². The molecule has 5 fully saturated rings. The normalized spacial score (nSPS) is 27.3. The van der Waals surface area contributed by atoms with Crippen molar-refractivity contribution < 1.29 is 28.8 Å². The van der Waals surface area contributed by atoms with E-state index >= 15 is 0 Å². The van der Waals surface area contributed by atoms with Crippen LogP contribution in [0.15, 0.2) is 0 Å². The molecule has 0 bridgehead atoms. The summed E-state index contributed by atoms with van der Waals surface area (Å²) in [4.78, 5) is 82.3. The van der Waals surface area contributed by atoms with Crippen LogP contribution in [0.1, 0.15) is 131 Å². The number of carbonyl (C=O) groups excluding carboxylic acids is 6. The number of likely N-dealkylation sites (tertiary alicyclic amines) is 1. The molecule has 5 rings (SSSR count). The lowest BCUT2D eigenvalue weighted by molar-refractivity contribution is -0.144. The van der Waals surface area contributed by atoms with Crippen LogP contribution >= 0.6 is 0 Å². The molecule has 11 nitrogen and oxygen atoms in total. The number of nitrogens with two attached hydrogens (primary N) is 1. The van der Waals surface area contributed by atoms with Crippen LogP contribution < -0.4 is 21.7 Å². The van der Waals surface area contributed by atoms with Crippen molar-refractivity contribution in [2.75, 3.05) is 6.54 Å². The Balaban J connectivity index is 1.37. The first-order chi connectivity index (χ1) is 22.4. The Kier molecular flexibility index (Phi) is 10.1. The van der Waals surface area contributed by atoms with E-state index in [1.54, 1.807) is 4.90 Å². The third-order valence-electron chi connectivity index (χ3n) is 12.4. The van der Waals surface area contributed by atoms with Crippen LogP contribution in [0.4, 0.5) is 4.79 Å². The molecule has 11 heteroatoms. The van der Waals surface area contributed by atoms with Crippen molar-refractivity contribution in [1.29, 1.82) is 0 Å². The van der Waals surface area contributed by atoms with Gasteiger partial charge < -0.3 is 26.6 Å². The summed E-state index contributed by atoms with van der Waals surface area (Å²) in [6.45, 7) is 11.8. The molecule has 5 atom stereocenters. The number of hydrogen-bond acceptors (Lipinski definition) is 6. The number of urea groups is 1. The molecule has 1 aliphatic heterocycles. The minimum atomic E-state index is -1.07. The molecule has 0 aromatic heterocycles. The number of rotatable bonds is 11. The van der Waals surface area contributed by atoms with E-state index < -0.39 is 58.1 Å². The largest absolute Gasteiger partial charge is 0.363 e. The van der Waals surface area contributed by atoms with Crippen LogP contribution in [-0.2, 0) is 24.0 Å². The second kappa shape index (κ2) is 13.4. The highest BCUT2D eigenvalue weighted by atomic mass is 16.2. The first kappa shape index (κ1) is 36.3. The Morgan fingerprint density at radius 3 is 2.00 bits per heavy atom. The van der Waals surface area contributed by atoms with Gasteiger partial charge in [0.1, 0.15) is 17.9 Å². The van der Waals surface area contributed by atoms with Crippen molar-refractivity contribution in [3.8, 4) is 0 Å². The van der Waals surface area contributed by atoms with Crippen molar-refractivity contribution in [2.45, 2.75) is 155 Å². The molecule has 5 amide bonds. The van der Waals surface area contributed by atoms with Gasteiger partial charge >= 0.3 is 6.03 Å². The van der Waals surface area contributed by atoms with E-state index in [1.165, 1.54) is 0 Å². The molecule has 1 unspecified atom stereocenters. The van der Waals surface area contributed by atoms with Gasteiger partial charge in [0.25, 0.3) is 5.91 Å². The fourth-order valence-electron chi connectivity index (χ4n) is 8.99. The maximum Gasteiger partial charge on any atom is 0.315 e. The smallest absolute Gasteiger partial charge is 0.315 e. The second-order valence-electron chi connectivity index (χ2n) is 18.0. The van der Waals surface area contributed by atoms with E-state index in [0.29, 0.717) is 25.8 Å². The zero-order chi connectivity index (χ0) is 35.2. The zero-order valence-corrected chi connectivity index (χ0v) is 30.0. The number of carbonyl (C=O) groups is 6. The predicted octanol–water partition coefficient (Wildman–Crippen LogP) is 4.16. The van der Waals surface area contributed by atoms with Gasteiger partial charge in [-0.1, -0.05) is 80.1 Å². The number of ketones is 2. The maximum absolute atomic E-state index is 14.7. The molecule has 268 valence electrons. The second-order valence-corrected chi connectivity index (χ2v) is 18.0. The number of nitrogens with one attached hydrogen (secondary N) is 3. The molecule has 1 heterocycles. The summed E-state index contributed by atoms with van der Waals surface area (Å²) in [5.74, 6) is -2.20. The van der Waals surface area contributed by atoms with Gasteiger partial charge in [-0.05, 0) is 73.5 Å². The quantitative estimate of drug-likeness (QED) is 0.241. The molecule has 1 spiro atoms. The number of Topliss-reactive ketones (excluding diaryl/α,β-unsaturated/α-hetero) is 2. The van der Waals surface area contributed by atoms with Crippen molar-refractivity contribution in [3.05, 3.63) is 0 Å². The van der Waals surface area contributed by atoms with Crippen molar-refractivity contribution in [1.82, 2.24) is 20.9 Å². The number of primary amides is 1. The van der Waals surface area contributed by atoms with Gasteiger partial charge in [-0.15, -0.1) is 0 Å². The molecule has 0 radical (unpaired) electrons. The van der Waals surface area contributed by atoms with Crippen LogP contribution in [0.3, 0.4) is 0 Å². The van der Waals surface area contributed by atoms with Crippen molar-refractivity contribution in [3.63, 3.8) is 0 Å². The van der Waals surface area contributed by atoms with Crippen LogP contribution in [0.5, 0.6) is 0 Å². The topological polar surface area (TPSA) is 168 Å². The highest BCUT2D eigenvalue weighted by Gasteiger charge is 2.64. The number of amides is 5. The lowest BCUT2D eigenvalue weighted by Gasteiger charge is -2.41. The van der Waals surface area contributed by atoms with Crippen molar-refractivity contribution in [2.24, 2.45) is 39.7 Å². The van der Waals surface area contributed by atoms with Gasteiger partial charge in [0, 0.05) is 23.9 Å². The average Bonchev–Trinajstić information content (AvgIpc) is 3.53. The third-order valence-corrected chi connectivity index (χ3v) is 12.4. The molecule has 48 heavy (non-hydrogen) atoms. The summed E-state index contributed by atoms with van der Waals surface area (Å²) < 4.78 is 0. The zero-order valence-electron chi connectivity index (χ0n) is 30.0. The minimum Gasteiger partial charge on any atom is -0.363 e. The SMILES string of the molecule is CC(C)(C)C(=O)CC1(NC(=O)N[C@H](C(=O)N2C[C@H]3[C@H](CCC34CC4)[C@H]2C(=O)NC(CC2CCC2)C(=O)C(N)=O)C(C)(C)C)CCCCC1. The average molecular weight is 670 g/mol. The van der Waals surface area contributed by atoms with Gasteiger partial charge in [-0.2, -0.15) is 0 Å². The highest BCUT2D eigenvalue weighted by molar-refractivity contribution is 6.37. The van der Waals surface area contributed by atoms with E-state index in [0.717, 1.165) is 64.2 Å². The van der Waals surface area contributed by atoms with Crippen LogP contribution in [-0.4, -0.2) is 70.4 Å². The molecular weight excluding hydrogens is 610 g/mol. The lowest BCUT2D eigenvalue weighted by Crippen LogP contribution is -2.63. The minimum absolute atomic E-state index is 0.0622. The van der Waals surface area contributed by atoms with Crippen molar-refractivity contribution >= 4 is 35.3 Å². The summed E-state index contributed by atoms with van der Waals surface area (Å²) in [6.07, 6.45) is 11.8. The molecule has 1 saturated heterocycles. The van der Waals surface area contributed by atoms with Gasteiger partial charge in [-0.25, -0.2) is 4.79 Å². The van der Waals surface area contributed by atoms with E-state index in [9.17, 15) is 28.8 Å². The number of nitrogens with zero attached hydrogens (tertiary/aromatic N) is 1. The summed E-state index contributed by atoms with van der Waals surface area (Å²) in [6, 6.07) is -3.26. The van der Waals surface area contributed by atoms with Crippen LogP contribution in [0.25, 0.3) is 0 Å². The molecule has 0 aromatic carbocycles. The highest BCUT2D eigenvalue weighted by Crippen LogP contribution is 2.66. The van der Waals surface area contributed by atoms with E-state index in [-0.39, 0.29) is 41.3 Å². The molecular formula is C37H59N5O6. The Morgan fingerprint density at radius 2 is 1.48 bits per heavy atom. The van der Waals surface area contributed by atoms with E-state index in [1.807, 2.05) is 41.5 Å². The number of fused-ring (bicyclic) bond motifs is 2. The monoisotopic (exact) mass is 669 g/mol. The molecule has 4 saturated carbocycles. The van der Waals surface area contributed by atoms with Crippen LogP contribution in [0, 0.1) is 34.0 Å². The predicted molar refractivity (Wildman–Crippen MR) is 181 cm³/mol. The first-order valence-electron chi connectivity index (χ1n) is 18.4. The maximum atomic E-state index is 14.7. The van der Waals surface area contributed by atoms with Crippen LogP contribution in [0.2, 0.25) is 0 Å². The Labute approximate surface area is 286 Å².